The van der Waals surface area contributed by atoms with Crippen molar-refractivity contribution < 1.29 is 124 Å². The predicted octanol–water partition coefficient (Wildman–Crippen LogP) is -9.99. The Hall–Kier alpha value is 3.81. The van der Waals surface area contributed by atoms with Crippen molar-refractivity contribution in [3.05, 3.63) is 0 Å². The van der Waals surface area contributed by atoms with Gasteiger partial charge in [-0.05, 0) is 0 Å². The van der Waals surface area contributed by atoms with Crippen molar-refractivity contribution in [2.45, 2.75) is 0 Å². The van der Waals surface area contributed by atoms with E-state index in [1.54, 1.807) is 0 Å². The van der Waals surface area contributed by atoms with Gasteiger partial charge in [0, 0.05) is 0 Å². The van der Waals surface area contributed by atoms with E-state index in [0.29, 0.717) is 0 Å². The molecule has 0 saturated carbocycles. The van der Waals surface area contributed by atoms with Crippen LogP contribution in [0.4, 0.5) is 0 Å². The molecule has 0 saturated heterocycles. The Bertz CT molecular complexity index is 37.5. The molecule has 0 aromatic heterocycles. The molecule has 0 heterocycles. The molecule has 3 nitrogen and oxygen atoms in total. The molecule has 0 aliphatic carbocycles. The average molecular weight is 346 g/mol. The first-order chi connectivity index (χ1) is 1.73. The zero-order valence-electron chi connectivity index (χ0n) is 4.93. The van der Waals surface area contributed by atoms with Gasteiger partial charge >= 0.3 is 111 Å². The Morgan fingerprint density at radius 2 is 1.00 bits per heavy atom. The molecule has 8 heavy (non-hydrogen) atoms. The van der Waals surface area contributed by atoms with Crippen LogP contribution in [0.25, 0.3) is 0 Å². The molecular weight excluding hydrogens is 346 g/mol. The molecule has 0 fully saturated rings. The van der Waals surface area contributed by atoms with E-state index in [4.69, 9.17) is 13.3 Å². The van der Waals surface area contributed by atoms with Crippen molar-refractivity contribution in [2.24, 2.45) is 0 Å². The fourth-order valence-corrected chi connectivity index (χ4v) is 0. The summed E-state index contributed by atoms with van der Waals surface area (Å²) in [4.78, 5) is 0. The van der Waals surface area contributed by atoms with E-state index < -0.39 is 11.4 Å². The van der Waals surface area contributed by atoms with Crippen molar-refractivity contribution in [3.63, 3.8) is 0 Å². The number of hydrogen-bond acceptors (Lipinski definition) is 3. The zero-order chi connectivity index (χ0) is 3.58. The van der Waals surface area contributed by atoms with Gasteiger partial charge in [-0.25, -0.2) is 0 Å². The van der Waals surface area contributed by atoms with E-state index in [2.05, 4.69) is 0 Å². The first-order valence-electron chi connectivity index (χ1n) is 0.500. The van der Waals surface area contributed by atoms with Crippen LogP contribution in [0, 0.1) is 0 Å². The minimum absolute atomic E-state index is 0. The first-order valence-corrected chi connectivity index (χ1v) is 1.50. The van der Waals surface area contributed by atoms with Gasteiger partial charge in [0.15, 0.2) is 0 Å². The van der Waals surface area contributed by atoms with Gasteiger partial charge in [0.05, 0.1) is 0 Å². The Labute approximate surface area is 133 Å². The van der Waals surface area contributed by atoms with Gasteiger partial charge in [0.1, 0.15) is 0 Å². The molecule has 0 amide bonds. The summed E-state index contributed by atoms with van der Waals surface area (Å²) >= 11 is -3.11. The standard InChI is InChI=1S/Au.3Na.H2O3S/c;;;;1-4(2)3/h;;;;(H2,1,2,3)/q4*+1;/p-2. The van der Waals surface area contributed by atoms with E-state index in [0.717, 1.165) is 0 Å². The summed E-state index contributed by atoms with van der Waals surface area (Å²) in [6.07, 6.45) is 0. The molecule has 0 rings (SSSR count). The maximum Gasteiger partial charge on any atom is 1.00 e. The minimum atomic E-state index is -3.11. The third-order valence-electron chi connectivity index (χ3n) is 0. The van der Waals surface area contributed by atoms with Crippen LogP contribution in [0.2, 0.25) is 0 Å². The Kier molecular flexibility index (Phi) is 83.4. The van der Waals surface area contributed by atoms with Gasteiger partial charge in [0.2, 0.25) is 0 Å². The first kappa shape index (κ1) is 29.8. The maximum absolute atomic E-state index is 8.44. The third-order valence-corrected chi connectivity index (χ3v) is 0. The van der Waals surface area contributed by atoms with Gasteiger partial charge in [-0.3, -0.25) is 4.21 Å². The second kappa shape index (κ2) is 22.4. The molecule has 0 aromatic rings. The Balaban J connectivity index is -0.00000000750. The van der Waals surface area contributed by atoms with E-state index in [9.17, 15) is 0 Å². The molecule has 0 atom stereocenters. The topological polar surface area (TPSA) is 63.2 Å². The van der Waals surface area contributed by atoms with Crippen LogP contribution in [0.3, 0.4) is 0 Å². The summed E-state index contributed by atoms with van der Waals surface area (Å²) in [5.41, 5.74) is 0. The molecular formula is AuNa3O3S+2. The third kappa shape index (κ3) is 52.5. The smallest absolute Gasteiger partial charge is 0.784 e. The van der Waals surface area contributed by atoms with Crippen LogP contribution in [0.5, 0.6) is 0 Å². The van der Waals surface area contributed by atoms with Crippen molar-refractivity contribution >= 4 is 11.4 Å². The van der Waals surface area contributed by atoms with Crippen LogP contribution in [0.15, 0.2) is 0 Å². The van der Waals surface area contributed by atoms with Crippen molar-refractivity contribution in [1.29, 1.82) is 0 Å². The number of rotatable bonds is 0. The number of hydrogen-bond donors (Lipinski definition) is 0. The van der Waals surface area contributed by atoms with Gasteiger partial charge in [-0.15, -0.1) is 11.4 Å². The monoisotopic (exact) mass is 346 g/mol. The van der Waals surface area contributed by atoms with Crippen molar-refractivity contribution in [2.75, 3.05) is 0 Å². The summed E-state index contributed by atoms with van der Waals surface area (Å²) in [5, 5.41) is 0. The summed E-state index contributed by atoms with van der Waals surface area (Å²) < 4.78 is 25.3. The molecule has 0 aliphatic heterocycles. The molecule has 0 aromatic carbocycles. The fourth-order valence-electron chi connectivity index (χ4n) is 0. The molecule has 0 spiro atoms. The van der Waals surface area contributed by atoms with Gasteiger partial charge < -0.3 is 9.11 Å². The quantitative estimate of drug-likeness (QED) is 0.323. The largest absolute Gasteiger partial charge is 1.00 e. The maximum atomic E-state index is 8.44. The Morgan fingerprint density at radius 1 is 1.00 bits per heavy atom. The Morgan fingerprint density at radius 3 is 1.00 bits per heavy atom. The second-order valence-electron chi connectivity index (χ2n) is 0.204. The van der Waals surface area contributed by atoms with E-state index in [-0.39, 0.29) is 111 Å². The summed E-state index contributed by atoms with van der Waals surface area (Å²) in [6.45, 7) is 0. The summed E-state index contributed by atoms with van der Waals surface area (Å²) in [6, 6.07) is 0. The molecule has 0 unspecified atom stereocenters. The second-order valence-corrected chi connectivity index (χ2v) is 0.612. The molecule has 0 radical (unpaired) electrons. The van der Waals surface area contributed by atoms with Crippen molar-refractivity contribution in [3.8, 4) is 0 Å². The summed E-state index contributed by atoms with van der Waals surface area (Å²) in [7, 11) is 0. The van der Waals surface area contributed by atoms with Crippen LogP contribution < -0.4 is 88.7 Å². The molecule has 36 valence electrons. The predicted molar refractivity (Wildman–Crippen MR) is 9.70 cm³/mol. The average Bonchev–Trinajstić information content (AvgIpc) is 0.811. The van der Waals surface area contributed by atoms with Gasteiger partial charge in [-0.2, -0.15) is 0 Å². The fraction of sp³-hybridized carbons (Fsp3) is 0. The SMILES string of the molecule is O=S([O-])[O-].[Au+].[Na+].[Na+].[Na+]. The zero-order valence-corrected chi connectivity index (χ0v) is 13.9. The normalized spacial score (nSPS) is 4.38. The molecule has 0 bridgehead atoms. The summed E-state index contributed by atoms with van der Waals surface area (Å²) in [5.74, 6) is 0. The van der Waals surface area contributed by atoms with Crippen LogP contribution in [-0.4, -0.2) is 13.3 Å². The van der Waals surface area contributed by atoms with Crippen LogP contribution in [-0.2, 0) is 33.7 Å². The van der Waals surface area contributed by atoms with E-state index >= 15 is 0 Å². The minimum Gasteiger partial charge on any atom is -0.784 e. The molecule has 0 aliphatic rings. The van der Waals surface area contributed by atoms with Crippen molar-refractivity contribution in [1.82, 2.24) is 0 Å². The van der Waals surface area contributed by atoms with Gasteiger partial charge in [-0.1, -0.05) is 0 Å². The van der Waals surface area contributed by atoms with E-state index in [1.807, 2.05) is 0 Å². The molecule has 0 N–H and O–H groups in total. The van der Waals surface area contributed by atoms with Crippen LogP contribution in [0.1, 0.15) is 0 Å². The van der Waals surface area contributed by atoms with Crippen LogP contribution >= 0.6 is 0 Å². The van der Waals surface area contributed by atoms with E-state index in [1.165, 1.54) is 0 Å². The molecule has 8 heteroatoms. The van der Waals surface area contributed by atoms with Gasteiger partial charge in [0.25, 0.3) is 0 Å².